The van der Waals surface area contributed by atoms with Gasteiger partial charge < -0.3 is 4.74 Å². The summed E-state index contributed by atoms with van der Waals surface area (Å²) in [5.41, 5.74) is 1.57. The van der Waals surface area contributed by atoms with Crippen LogP contribution in [0.1, 0.15) is 15.9 Å². The Labute approximate surface area is 108 Å². The molecule has 2 aromatic carbocycles. The van der Waals surface area contributed by atoms with Gasteiger partial charge in [-0.05, 0) is 36.8 Å². The first-order valence-electron chi connectivity index (χ1n) is 5.19. The van der Waals surface area contributed by atoms with E-state index in [1.54, 1.807) is 12.1 Å². The molecule has 0 bridgehead atoms. The van der Waals surface area contributed by atoms with Crippen molar-refractivity contribution in [3.63, 3.8) is 0 Å². The lowest BCUT2D eigenvalue weighted by atomic mass is 10.2. The maximum Gasteiger partial charge on any atom is 0.153 e. The van der Waals surface area contributed by atoms with Gasteiger partial charge in [0.05, 0.1) is 5.56 Å². The molecule has 0 aliphatic rings. The second-order valence-electron chi connectivity index (χ2n) is 3.67. The fraction of sp³-hybridized carbons (Fsp3) is 0.0714. The molecule has 3 heteroatoms. The largest absolute Gasteiger partial charge is 0.456 e. The molecule has 2 aromatic rings. The minimum atomic E-state index is 0.538. The Morgan fingerprint density at radius 2 is 1.88 bits per heavy atom. The highest BCUT2D eigenvalue weighted by Gasteiger charge is 2.06. The van der Waals surface area contributed by atoms with Crippen LogP contribution >= 0.6 is 15.9 Å². The third-order valence-corrected chi connectivity index (χ3v) is 2.91. The number of hydrogen-bond donors (Lipinski definition) is 0. The van der Waals surface area contributed by atoms with Gasteiger partial charge in [0.25, 0.3) is 0 Å². The molecular weight excluding hydrogens is 280 g/mol. The van der Waals surface area contributed by atoms with Crippen molar-refractivity contribution >= 4 is 22.2 Å². The highest BCUT2D eigenvalue weighted by molar-refractivity contribution is 9.10. The van der Waals surface area contributed by atoms with Gasteiger partial charge in [0, 0.05) is 4.47 Å². The standard InChI is InChI=1S/C14H11BrO2/c1-10-4-2-3-5-13(10)17-14-8-12(15)7-6-11(14)9-16/h2-9H,1H3. The van der Waals surface area contributed by atoms with Gasteiger partial charge in [0.2, 0.25) is 0 Å². The molecule has 0 saturated heterocycles. The molecule has 0 aliphatic heterocycles. The Balaban J connectivity index is 2.39. The molecule has 0 aliphatic carbocycles. The van der Waals surface area contributed by atoms with Crippen molar-refractivity contribution < 1.29 is 9.53 Å². The first-order chi connectivity index (χ1) is 8.20. The maximum absolute atomic E-state index is 10.9. The normalized spacial score (nSPS) is 10.0. The number of halogens is 1. The zero-order chi connectivity index (χ0) is 12.3. The van der Waals surface area contributed by atoms with E-state index in [2.05, 4.69) is 15.9 Å². The molecule has 2 nitrogen and oxygen atoms in total. The SMILES string of the molecule is Cc1ccccc1Oc1cc(Br)ccc1C=O. The van der Waals surface area contributed by atoms with Crippen LogP contribution in [0.5, 0.6) is 11.5 Å². The number of aryl methyl sites for hydroxylation is 1. The van der Waals surface area contributed by atoms with Crippen molar-refractivity contribution in [3.8, 4) is 11.5 Å². The smallest absolute Gasteiger partial charge is 0.153 e. The monoisotopic (exact) mass is 290 g/mol. The van der Waals surface area contributed by atoms with Gasteiger partial charge in [-0.25, -0.2) is 0 Å². The molecule has 0 radical (unpaired) electrons. The Morgan fingerprint density at radius 1 is 1.12 bits per heavy atom. The van der Waals surface area contributed by atoms with Crippen LogP contribution in [0.2, 0.25) is 0 Å². The summed E-state index contributed by atoms with van der Waals surface area (Å²) in [5, 5.41) is 0. The number of rotatable bonds is 3. The molecule has 0 spiro atoms. The zero-order valence-corrected chi connectivity index (χ0v) is 10.9. The molecule has 2 rings (SSSR count). The fourth-order valence-corrected chi connectivity index (χ4v) is 1.82. The van der Waals surface area contributed by atoms with E-state index in [9.17, 15) is 4.79 Å². The maximum atomic E-state index is 10.9. The average molecular weight is 291 g/mol. The fourth-order valence-electron chi connectivity index (χ4n) is 1.48. The summed E-state index contributed by atoms with van der Waals surface area (Å²) < 4.78 is 6.63. The molecule has 0 N–H and O–H groups in total. The minimum absolute atomic E-state index is 0.538. The van der Waals surface area contributed by atoms with E-state index in [0.717, 1.165) is 22.1 Å². The lowest BCUT2D eigenvalue weighted by Gasteiger charge is -2.10. The second-order valence-corrected chi connectivity index (χ2v) is 4.58. The van der Waals surface area contributed by atoms with Gasteiger partial charge in [0.15, 0.2) is 6.29 Å². The van der Waals surface area contributed by atoms with Gasteiger partial charge in [-0.3, -0.25) is 4.79 Å². The van der Waals surface area contributed by atoms with E-state index >= 15 is 0 Å². The summed E-state index contributed by atoms with van der Waals surface area (Å²) in [6.45, 7) is 1.97. The third-order valence-electron chi connectivity index (χ3n) is 2.42. The Kier molecular flexibility index (Phi) is 3.59. The number of ether oxygens (including phenoxy) is 1. The van der Waals surface area contributed by atoms with Crippen molar-refractivity contribution in [2.45, 2.75) is 6.92 Å². The van der Waals surface area contributed by atoms with E-state index in [1.807, 2.05) is 37.3 Å². The van der Waals surface area contributed by atoms with Crippen molar-refractivity contribution in [2.75, 3.05) is 0 Å². The Bertz CT molecular complexity index is 550. The molecule has 0 aromatic heterocycles. The first-order valence-corrected chi connectivity index (χ1v) is 5.98. The summed E-state index contributed by atoms with van der Waals surface area (Å²) >= 11 is 3.36. The van der Waals surface area contributed by atoms with E-state index in [4.69, 9.17) is 4.74 Å². The molecule has 0 atom stereocenters. The minimum Gasteiger partial charge on any atom is -0.456 e. The van der Waals surface area contributed by atoms with Crippen LogP contribution in [0.3, 0.4) is 0 Å². The number of hydrogen-bond acceptors (Lipinski definition) is 2. The highest BCUT2D eigenvalue weighted by Crippen LogP contribution is 2.29. The molecule has 86 valence electrons. The van der Waals surface area contributed by atoms with Gasteiger partial charge in [-0.1, -0.05) is 34.1 Å². The number of para-hydroxylation sites is 1. The number of benzene rings is 2. The van der Waals surface area contributed by atoms with Crippen molar-refractivity contribution in [3.05, 3.63) is 58.1 Å². The summed E-state index contributed by atoms with van der Waals surface area (Å²) in [4.78, 5) is 10.9. The van der Waals surface area contributed by atoms with Crippen LogP contribution in [0, 0.1) is 6.92 Å². The summed E-state index contributed by atoms with van der Waals surface area (Å²) in [5.74, 6) is 1.32. The van der Waals surface area contributed by atoms with Gasteiger partial charge in [0.1, 0.15) is 11.5 Å². The topological polar surface area (TPSA) is 26.3 Å². The van der Waals surface area contributed by atoms with Crippen LogP contribution < -0.4 is 4.74 Å². The molecule has 0 amide bonds. The van der Waals surface area contributed by atoms with Crippen LogP contribution in [0.4, 0.5) is 0 Å². The molecule has 17 heavy (non-hydrogen) atoms. The molecule has 0 heterocycles. The Hall–Kier alpha value is -1.61. The molecular formula is C14H11BrO2. The third kappa shape index (κ3) is 2.74. The van der Waals surface area contributed by atoms with E-state index in [0.29, 0.717) is 11.3 Å². The molecule has 0 saturated carbocycles. The van der Waals surface area contributed by atoms with Gasteiger partial charge in [-0.2, -0.15) is 0 Å². The van der Waals surface area contributed by atoms with Crippen LogP contribution in [0.25, 0.3) is 0 Å². The number of carbonyl (C=O) groups is 1. The van der Waals surface area contributed by atoms with E-state index in [-0.39, 0.29) is 0 Å². The van der Waals surface area contributed by atoms with Gasteiger partial charge in [-0.15, -0.1) is 0 Å². The number of carbonyl (C=O) groups excluding carboxylic acids is 1. The van der Waals surface area contributed by atoms with Crippen LogP contribution in [-0.2, 0) is 0 Å². The second kappa shape index (κ2) is 5.15. The van der Waals surface area contributed by atoms with E-state index in [1.165, 1.54) is 0 Å². The number of aldehydes is 1. The summed E-state index contributed by atoms with van der Waals surface area (Å²) in [7, 11) is 0. The van der Waals surface area contributed by atoms with Crippen molar-refractivity contribution in [1.29, 1.82) is 0 Å². The summed E-state index contributed by atoms with van der Waals surface area (Å²) in [6, 6.07) is 13.0. The zero-order valence-electron chi connectivity index (χ0n) is 9.31. The first kappa shape index (κ1) is 11.9. The molecule has 0 unspecified atom stereocenters. The van der Waals surface area contributed by atoms with E-state index < -0.39 is 0 Å². The van der Waals surface area contributed by atoms with Crippen LogP contribution in [0.15, 0.2) is 46.9 Å². The summed E-state index contributed by atoms with van der Waals surface area (Å²) in [6.07, 6.45) is 0.792. The highest BCUT2D eigenvalue weighted by atomic mass is 79.9. The quantitative estimate of drug-likeness (QED) is 0.785. The van der Waals surface area contributed by atoms with Crippen molar-refractivity contribution in [1.82, 2.24) is 0 Å². The predicted octanol–water partition coefficient (Wildman–Crippen LogP) is 4.36. The lowest BCUT2D eigenvalue weighted by molar-refractivity contribution is 0.112. The Morgan fingerprint density at radius 3 is 2.59 bits per heavy atom. The van der Waals surface area contributed by atoms with Crippen LogP contribution in [-0.4, -0.2) is 6.29 Å². The molecule has 0 fully saturated rings. The average Bonchev–Trinajstić information content (AvgIpc) is 2.32. The van der Waals surface area contributed by atoms with Crippen molar-refractivity contribution in [2.24, 2.45) is 0 Å². The lowest BCUT2D eigenvalue weighted by Crippen LogP contribution is -1.92. The van der Waals surface area contributed by atoms with Gasteiger partial charge >= 0.3 is 0 Å². The predicted molar refractivity (Wildman–Crippen MR) is 70.8 cm³/mol.